The Hall–Kier alpha value is -1.75. The van der Waals surface area contributed by atoms with Crippen molar-refractivity contribution in [2.45, 2.75) is 25.3 Å². The van der Waals surface area contributed by atoms with Crippen LogP contribution >= 0.6 is 0 Å². The summed E-state index contributed by atoms with van der Waals surface area (Å²) in [6, 6.07) is 7.28. The largest absolute Gasteiger partial charge is 0.497 e. The van der Waals surface area contributed by atoms with Crippen molar-refractivity contribution in [3.05, 3.63) is 24.3 Å². The minimum absolute atomic E-state index is 0.171. The topological polar surface area (TPSA) is 76.4 Å². The van der Waals surface area contributed by atoms with E-state index in [0.29, 0.717) is 12.5 Å². The maximum atomic E-state index is 11.9. The zero-order chi connectivity index (χ0) is 13.7. The van der Waals surface area contributed by atoms with E-state index in [4.69, 9.17) is 10.5 Å². The number of nitrogens with two attached hydrogens (primary N) is 1. The van der Waals surface area contributed by atoms with Crippen molar-refractivity contribution in [1.82, 2.24) is 5.32 Å². The van der Waals surface area contributed by atoms with Gasteiger partial charge in [-0.1, -0.05) is 6.42 Å². The van der Waals surface area contributed by atoms with Gasteiger partial charge in [-0.15, -0.1) is 0 Å². The number of hydrogen-bond acceptors (Lipinski definition) is 3. The molecule has 2 unspecified atom stereocenters. The van der Waals surface area contributed by atoms with Gasteiger partial charge in [0.1, 0.15) is 5.75 Å². The van der Waals surface area contributed by atoms with Crippen molar-refractivity contribution in [1.29, 1.82) is 0 Å². The maximum Gasteiger partial charge on any atom is 0.319 e. The van der Waals surface area contributed by atoms with Gasteiger partial charge >= 0.3 is 6.03 Å². The van der Waals surface area contributed by atoms with Gasteiger partial charge in [-0.25, -0.2) is 4.79 Å². The zero-order valence-corrected chi connectivity index (χ0v) is 11.2. The van der Waals surface area contributed by atoms with Crippen molar-refractivity contribution in [2.75, 3.05) is 19.0 Å². The first-order valence-electron chi connectivity index (χ1n) is 6.64. The molecule has 0 bridgehead atoms. The quantitative estimate of drug-likeness (QED) is 0.777. The molecule has 1 aromatic carbocycles. The highest BCUT2D eigenvalue weighted by Crippen LogP contribution is 2.24. The number of benzene rings is 1. The first-order valence-corrected chi connectivity index (χ1v) is 6.64. The number of carbonyl (C=O) groups excluding carboxylic acids is 1. The van der Waals surface area contributed by atoms with Gasteiger partial charge in [0.25, 0.3) is 0 Å². The monoisotopic (exact) mass is 263 g/mol. The Labute approximate surface area is 113 Å². The van der Waals surface area contributed by atoms with E-state index in [1.165, 1.54) is 0 Å². The molecule has 0 radical (unpaired) electrons. The van der Waals surface area contributed by atoms with E-state index in [1.54, 1.807) is 7.11 Å². The number of hydrogen-bond donors (Lipinski definition) is 3. The standard InChI is InChI=1S/C14H21N3O2/c1-19-12-7-5-11(6-8-12)16-14(18)17-13-4-2-3-10(13)9-15/h5-8,10,13H,2-4,9,15H2,1H3,(H2,16,17,18). The van der Waals surface area contributed by atoms with Crippen LogP contribution in [0.25, 0.3) is 0 Å². The van der Waals surface area contributed by atoms with E-state index in [9.17, 15) is 4.79 Å². The number of nitrogens with one attached hydrogen (secondary N) is 2. The molecule has 2 rings (SSSR count). The Kier molecular flexibility index (Phi) is 4.63. The lowest BCUT2D eigenvalue weighted by Crippen LogP contribution is -2.42. The third-order valence-corrected chi connectivity index (χ3v) is 3.63. The predicted molar refractivity (Wildman–Crippen MR) is 75.3 cm³/mol. The molecular weight excluding hydrogens is 242 g/mol. The fourth-order valence-electron chi connectivity index (χ4n) is 2.52. The summed E-state index contributed by atoms with van der Waals surface area (Å²) in [5, 5.41) is 5.81. The Morgan fingerprint density at radius 2 is 2.11 bits per heavy atom. The number of amides is 2. The summed E-state index contributed by atoms with van der Waals surface area (Å²) < 4.78 is 5.07. The number of methoxy groups -OCH3 is 1. The van der Waals surface area contributed by atoms with E-state index in [-0.39, 0.29) is 12.1 Å². The van der Waals surface area contributed by atoms with Gasteiger partial charge in [0.15, 0.2) is 0 Å². The second-order valence-corrected chi connectivity index (χ2v) is 4.86. The van der Waals surface area contributed by atoms with Crippen molar-refractivity contribution in [2.24, 2.45) is 11.7 Å². The summed E-state index contributed by atoms with van der Waals surface area (Å²) in [4.78, 5) is 11.9. The first kappa shape index (κ1) is 13.7. The Morgan fingerprint density at radius 3 is 2.74 bits per heavy atom. The average molecular weight is 263 g/mol. The molecule has 1 aromatic rings. The van der Waals surface area contributed by atoms with Gasteiger partial charge in [-0.05, 0) is 49.6 Å². The molecule has 0 aliphatic heterocycles. The molecular formula is C14H21N3O2. The molecule has 2 atom stereocenters. The molecule has 5 nitrogen and oxygen atoms in total. The molecule has 0 heterocycles. The average Bonchev–Trinajstić information content (AvgIpc) is 2.86. The lowest BCUT2D eigenvalue weighted by Gasteiger charge is -2.19. The molecule has 1 aliphatic carbocycles. The number of anilines is 1. The molecule has 104 valence electrons. The van der Waals surface area contributed by atoms with Crippen LogP contribution in [0.4, 0.5) is 10.5 Å². The molecule has 4 N–H and O–H groups in total. The van der Waals surface area contributed by atoms with Crippen molar-refractivity contribution >= 4 is 11.7 Å². The molecule has 0 spiro atoms. The van der Waals surface area contributed by atoms with Crippen molar-refractivity contribution < 1.29 is 9.53 Å². The van der Waals surface area contributed by atoms with Gasteiger partial charge in [-0.2, -0.15) is 0 Å². The van der Waals surface area contributed by atoms with E-state index in [0.717, 1.165) is 30.7 Å². The van der Waals surface area contributed by atoms with Crippen LogP contribution in [0.1, 0.15) is 19.3 Å². The molecule has 0 saturated heterocycles. The summed E-state index contributed by atoms with van der Waals surface area (Å²) in [5.74, 6) is 1.17. The molecule has 5 heteroatoms. The smallest absolute Gasteiger partial charge is 0.319 e. The summed E-state index contributed by atoms with van der Waals surface area (Å²) in [7, 11) is 1.61. The highest BCUT2D eigenvalue weighted by atomic mass is 16.5. The highest BCUT2D eigenvalue weighted by Gasteiger charge is 2.27. The predicted octanol–water partition coefficient (Wildman–Crippen LogP) is 1.94. The Bertz CT molecular complexity index is 419. The molecule has 1 fully saturated rings. The molecule has 0 aromatic heterocycles. The lowest BCUT2D eigenvalue weighted by molar-refractivity contribution is 0.245. The molecule has 2 amide bonds. The molecule has 1 aliphatic rings. The van der Waals surface area contributed by atoms with Crippen LogP contribution in [-0.4, -0.2) is 25.7 Å². The molecule has 19 heavy (non-hydrogen) atoms. The third-order valence-electron chi connectivity index (χ3n) is 3.63. The summed E-state index contributed by atoms with van der Waals surface area (Å²) in [6.07, 6.45) is 3.25. The number of urea groups is 1. The minimum Gasteiger partial charge on any atom is -0.497 e. The third kappa shape index (κ3) is 3.61. The van der Waals surface area contributed by atoms with E-state index in [1.807, 2.05) is 24.3 Å². The number of rotatable bonds is 4. The van der Waals surface area contributed by atoms with E-state index < -0.39 is 0 Å². The minimum atomic E-state index is -0.171. The fraction of sp³-hybridized carbons (Fsp3) is 0.500. The van der Waals surface area contributed by atoms with Crippen LogP contribution in [-0.2, 0) is 0 Å². The van der Waals surface area contributed by atoms with Crippen molar-refractivity contribution in [3.8, 4) is 5.75 Å². The van der Waals surface area contributed by atoms with Crippen LogP contribution in [0.3, 0.4) is 0 Å². The second-order valence-electron chi connectivity index (χ2n) is 4.86. The van der Waals surface area contributed by atoms with Crippen LogP contribution in [0, 0.1) is 5.92 Å². The van der Waals surface area contributed by atoms with E-state index in [2.05, 4.69) is 10.6 Å². The van der Waals surface area contributed by atoms with Gasteiger partial charge in [0.05, 0.1) is 7.11 Å². The normalized spacial score (nSPS) is 22.0. The van der Waals surface area contributed by atoms with Crippen LogP contribution < -0.4 is 21.1 Å². The maximum absolute atomic E-state index is 11.9. The SMILES string of the molecule is COc1ccc(NC(=O)NC2CCCC2CN)cc1. The first-order chi connectivity index (χ1) is 9.22. The van der Waals surface area contributed by atoms with Gasteiger partial charge in [-0.3, -0.25) is 0 Å². The van der Waals surface area contributed by atoms with Crippen LogP contribution in [0.2, 0.25) is 0 Å². The number of carbonyl (C=O) groups is 1. The summed E-state index contributed by atoms with van der Waals surface area (Å²) >= 11 is 0. The highest BCUT2D eigenvalue weighted by molar-refractivity contribution is 5.89. The lowest BCUT2D eigenvalue weighted by atomic mass is 10.0. The fourth-order valence-corrected chi connectivity index (χ4v) is 2.52. The Morgan fingerprint density at radius 1 is 1.37 bits per heavy atom. The van der Waals surface area contributed by atoms with Gasteiger partial charge in [0.2, 0.25) is 0 Å². The van der Waals surface area contributed by atoms with E-state index >= 15 is 0 Å². The van der Waals surface area contributed by atoms with Crippen LogP contribution in [0.5, 0.6) is 5.75 Å². The van der Waals surface area contributed by atoms with Crippen molar-refractivity contribution in [3.63, 3.8) is 0 Å². The van der Waals surface area contributed by atoms with Gasteiger partial charge in [0, 0.05) is 11.7 Å². The molecule has 1 saturated carbocycles. The Balaban J connectivity index is 1.86. The number of ether oxygens (including phenoxy) is 1. The summed E-state index contributed by atoms with van der Waals surface area (Å²) in [5.41, 5.74) is 6.45. The summed E-state index contributed by atoms with van der Waals surface area (Å²) in [6.45, 7) is 0.632. The zero-order valence-electron chi connectivity index (χ0n) is 11.2. The van der Waals surface area contributed by atoms with Crippen LogP contribution in [0.15, 0.2) is 24.3 Å². The second kappa shape index (κ2) is 6.43. The van der Waals surface area contributed by atoms with Gasteiger partial charge < -0.3 is 21.1 Å².